The van der Waals surface area contributed by atoms with E-state index in [0.29, 0.717) is 0 Å². The van der Waals surface area contributed by atoms with Gasteiger partial charge in [-0.1, -0.05) is 41.5 Å². The molecule has 2 aliphatic rings. The Hall–Kier alpha value is -7.71. The van der Waals surface area contributed by atoms with Gasteiger partial charge in [0.15, 0.2) is 61.4 Å². The van der Waals surface area contributed by atoms with Crippen molar-refractivity contribution in [3.63, 3.8) is 0 Å². The third-order valence-corrected chi connectivity index (χ3v) is 10.5. The molecule has 2 aliphatic heterocycles. The number of ether oxygens (including phenoxy) is 14. The lowest BCUT2D eigenvalue weighted by atomic mass is 9.96. The quantitative estimate of drug-likeness (QED) is 0.0507. The average molecular weight is 1060 g/mol. The Bertz CT molecular complexity index is 2400. The normalized spacial score (nSPS) is 24.5. The molecule has 408 valence electrons. The third kappa shape index (κ3) is 18.3. The molecule has 2 saturated heterocycles. The van der Waals surface area contributed by atoms with E-state index < -0.39 is 165 Å². The lowest BCUT2D eigenvalue weighted by Crippen LogP contribution is -2.66. The molecule has 0 amide bonds. The molecule has 0 unspecified atom stereocenters. The average Bonchev–Trinajstić information content (AvgIpc) is 3.33. The molecule has 0 spiro atoms. The molecule has 0 N–H and O–H groups in total. The van der Waals surface area contributed by atoms with Crippen LogP contribution < -0.4 is 0 Å². The zero-order chi connectivity index (χ0) is 55.5. The first-order valence-corrected chi connectivity index (χ1v) is 22.9. The fourth-order valence-corrected chi connectivity index (χ4v) is 7.77. The van der Waals surface area contributed by atoms with Crippen LogP contribution in [0.15, 0.2) is 65.8 Å². The summed E-state index contributed by atoms with van der Waals surface area (Å²) in [7, 11) is 0. The highest BCUT2D eigenvalue weighted by molar-refractivity contribution is 5.90. The number of rotatable bonds is 23. The van der Waals surface area contributed by atoms with Crippen LogP contribution in [0.1, 0.15) is 83.0 Å². The minimum Gasteiger partial charge on any atom is -0.463 e. The minimum absolute atomic E-state index is 0.0352. The number of carbonyl (C=O) groups is 10. The molecule has 0 aliphatic carbocycles. The van der Waals surface area contributed by atoms with E-state index in [1.807, 2.05) is 0 Å². The number of carbonyl (C=O) groups excluding carboxylic acids is 10. The van der Waals surface area contributed by atoms with Gasteiger partial charge in [-0.05, 0) is 36.7 Å². The molecule has 0 radical (unpaired) electrons. The molecule has 2 heterocycles. The first-order chi connectivity index (χ1) is 35.5. The van der Waals surface area contributed by atoms with Crippen molar-refractivity contribution < 1.29 is 114 Å². The van der Waals surface area contributed by atoms with Gasteiger partial charge in [0.05, 0.1) is 30.4 Å². The molecule has 2 aromatic carbocycles. The van der Waals surface area contributed by atoms with Gasteiger partial charge in [-0.3, -0.25) is 38.4 Å². The van der Waals surface area contributed by atoms with E-state index in [4.69, 9.17) is 71.8 Å². The van der Waals surface area contributed by atoms with Crippen molar-refractivity contribution in [1.82, 2.24) is 0 Å². The van der Waals surface area contributed by atoms with Crippen LogP contribution in [0.5, 0.6) is 0 Å². The van der Waals surface area contributed by atoms with Gasteiger partial charge < -0.3 is 66.3 Å². The van der Waals surface area contributed by atoms with Gasteiger partial charge in [-0.15, -0.1) is 0 Å². The minimum atomic E-state index is -1.95. The smallest absolute Gasteiger partial charge is 0.338 e. The molecule has 0 bridgehead atoms. The summed E-state index contributed by atoms with van der Waals surface area (Å²) >= 11 is 0. The lowest BCUT2D eigenvalue weighted by Gasteiger charge is -2.48. The van der Waals surface area contributed by atoms with Gasteiger partial charge in [-0.2, -0.15) is 0 Å². The predicted molar refractivity (Wildman–Crippen MR) is 245 cm³/mol. The maximum atomic E-state index is 14.2. The van der Waals surface area contributed by atoms with Gasteiger partial charge >= 0.3 is 59.7 Å². The van der Waals surface area contributed by atoms with Gasteiger partial charge in [0.25, 0.3) is 0 Å². The summed E-state index contributed by atoms with van der Waals surface area (Å²) < 4.78 is 81.2. The van der Waals surface area contributed by atoms with Crippen LogP contribution in [0.4, 0.5) is 0 Å². The monoisotopic (exact) mass is 1060 g/mol. The van der Waals surface area contributed by atoms with Crippen molar-refractivity contribution in [3.8, 4) is 0 Å². The van der Waals surface area contributed by atoms with Gasteiger partial charge in [-0.25, -0.2) is 9.59 Å². The Kier molecular flexibility index (Phi) is 22.9. The van der Waals surface area contributed by atoms with Gasteiger partial charge in [0.1, 0.15) is 24.9 Å². The van der Waals surface area contributed by atoms with Crippen LogP contribution in [0.2, 0.25) is 0 Å². The Balaban J connectivity index is 1.93. The van der Waals surface area contributed by atoms with E-state index >= 15 is 0 Å². The molecule has 0 saturated carbocycles. The fourth-order valence-electron chi connectivity index (χ4n) is 7.77. The second-order valence-electron chi connectivity index (χ2n) is 16.5. The molecule has 2 aromatic rings. The highest BCUT2D eigenvalue weighted by Gasteiger charge is 2.57. The first kappa shape index (κ1) is 59.8. The molecule has 27 nitrogen and oxygen atoms in total. The molecular weight excluding hydrogens is 1000 g/mol. The number of nitrogens with zero attached hydrogens (tertiary/aromatic N) is 3. The van der Waals surface area contributed by atoms with E-state index in [2.05, 4.69) is 10.0 Å². The van der Waals surface area contributed by atoms with Crippen molar-refractivity contribution in [2.45, 2.75) is 148 Å². The summed E-state index contributed by atoms with van der Waals surface area (Å²) in [4.78, 5) is 131. The van der Waals surface area contributed by atoms with Gasteiger partial charge in [0.2, 0.25) is 0 Å². The number of esters is 10. The molecular formula is C48H57N3O24. The largest absolute Gasteiger partial charge is 0.463 e. The summed E-state index contributed by atoms with van der Waals surface area (Å²) in [6, 6.07) is 14.8. The summed E-state index contributed by atoms with van der Waals surface area (Å²) in [5.41, 5.74) is 9.05. The number of hydrogen-bond donors (Lipinski definition) is 0. The standard InChI is InChI=1S/C48H57N3O24/c1-23-37(75-48-44(71-31(9)59)42(70-30(8)58)40(69-29(7)57)36(72-48)21-62-24(2)52)41(73-45(60)32-16-12-10-13-17-32)43(74-46(61)33-18-14-11-15-19-33)47(64-23)63-22-35(66-26(4)54)39(68-28(6)56)38(67-27(5)55)34(20-50-51-49)65-25(3)53/h10-19,23,34-44,47-48H,20-22H2,1-9H3/t23-,34+,35+,36+,37+,38+,39+,40-,41+,42-,43-,44+,47-,48-/m0/s1. The second-order valence-corrected chi connectivity index (χ2v) is 16.5. The van der Waals surface area contributed by atoms with E-state index in [9.17, 15) is 47.9 Å². The van der Waals surface area contributed by atoms with Crippen molar-refractivity contribution in [1.29, 1.82) is 0 Å². The summed E-state index contributed by atoms with van der Waals surface area (Å²) in [6.07, 6.45) is -24.8. The first-order valence-electron chi connectivity index (χ1n) is 22.9. The Morgan fingerprint density at radius 3 is 1.44 bits per heavy atom. The lowest BCUT2D eigenvalue weighted by molar-refractivity contribution is -0.356. The molecule has 2 fully saturated rings. The zero-order valence-corrected chi connectivity index (χ0v) is 42.1. The summed E-state index contributed by atoms with van der Waals surface area (Å²) in [6.45, 7) is 7.01. The van der Waals surface area contributed by atoms with Crippen LogP contribution >= 0.6 is 0 Å². The molecule has 75 heavy (non-hydrogen) atoms. The molecule has 14 atom stereocenters. The maximum absolute atomic E-state index is 14.2. The van der Waals surface area contributed by atoms with Crippen LogP contribution in [0, 0.1) is 0 Å². The van der Waals surface area contributed by atoms with Crippen molar-refractivity contribution in [2.75, 3.05) is 19.8 Å². The highest BCUT2D eigenvalue weighted by atomic mass is 16.8. The second kappa shape index (κ2) is 28.7. The number of azide groups is 1. The Morgan fingerprint density at radius 1 is 0.520 bits per heavy atom. The van der Waals surface area contributed by atoms with Crippen molar-refractivity contribution >= 4 is 59.7 Å². The van der Waals surface area contributed by atoms with Crippen LogP contribution in [-0.4, -0.2) is 165 Å². The van der Waals surface area contributed by atoms with E-state index in [0.717, 1.165) is 55.4 Å². The van der Waals surface area contributed by atoms with E-state index in [1.165, 1.54) is 55.5 Å². The maximum Gasteiger partial charge on any atom is 0.338 e. The highest BCUT2D eigenvalue weighted by Crippen LogP contribution is 2.36. The molecule has 27 heteroatoms. The Labute approximate surface area is 428 Å². The van der Waals surface area contributed by atoms with E-state index in [-0.39, 0.29) is 11.1 Å². The fraction of sp³-hybridized carbons (Fsp3) is 0.542. The van der Waals surface area contributed by atoms with Crippen LogP contribution in [0.3, 0.4) is 0 Å². The van der Waals surface area contributed by atoms with Crippen LogP contribution in [-0.2, 0) is 105 Å². The van der Waals surface area contributed by atoms with Gasteiger partial charge in [0, 0.05) is 60.3 Å². The molecule has 0 aromatic heterocycles. The third-order valence-electron chi connectivity index (χ3n) is 10.5. The number of hydrogen-bond acceptors (Lipinski definition) is 25. The number of benzene rings is 2. The van der Waals surface area contributed by atoms with E-state index in [1.54, 1.807) is 12.1 Å². The molecule has 4 rings (SSSR count). The SMILES string of the molecule is CC(=O)OC[C@H]1O[C@@H](O[C@H]2[C@@H](OC(=O)c3ccccc3)[C@H](OC(=O)c3ccccc3)[C@@H](OC[C@@H](OC(C)=O)[C@@H](OC(C)=O)[C@H](OC(C)=O)[C@@H](CN=[N+]=[N-])OC(C)=O)O[C@H]2C)[C@H](OC(C)=O)[C@@H](OC(C)=O)[C@H]1OC(C)=O. The topological polar surface area (TPSA) is 349 Å². The Morgan fingerprint density at radius 2 is 0.960 bits per heavy atom. The summed E-state index contributed by atoms with van der Waals surface area (Å²) in [5.74, 6) is -9.85. The predicted octanol–water partition coefficient (Wildman–Crippen LogP) is 2.70. The summed E-state index contributed by atoms with van der Waals surface area (Å²) in [5, 5.41) is 3.41. The zero-order valence-electron chi connectivity index (χ0n) is 42.1. The van der Waals surface area contributed by atoms with Crippen molar-refractivity contribution in [3.05, 3.63) is 82.2 Å². The van der Waals surface area contributed by atoms with Crippen LogP contribution in [0.25, 0.3) is 10.4 Å². The van der Waals surface area contributed by atoms with Crippen molar-refractivity contribution in [2.24, 2.45) is 5.11 Å².